The number of aliphatic hydroxyl groups is 1. The van der Waals surface area contributed by atoms with E-state index in [4.69, 9.17) is 14.6 Å². The maximum atomic E-state index is 13.9. The minimum atomic E-state index is -0.620. The molecule has 7 atom stereocenters. The average molecular weight is 736 g/mol. The molecule has 298 valence electrons. The molecule has 0 bridgehead atoms. The number of likely N-dealkylation sites (N-methyl/N-ethyl adjacent to an activating group) is 2. The summed E-state index contributed by atoms with van der Waals surface area (Å²) in [5.41, 5.74) is 0.519. The number of nitrogens with zero attached hydrogens (tertiary/aromatic N) is 2. The molecular formula is C39H69N5O8. The number of hydrogen-bond acceptors (Lipinski definition) is 9. The number of rotatable bonds is 19. The van der Waals surface area contributed by atoms with E-state index in [1.807, 2.05) is 33.8 Å². The van der Waals surface area contributed by atoms with E-state index in [9.17, 15) is 24.0 Å². The van der Waals surface area contributed by atoms with Crippen LogP contribution in [0, 0.1) is 17.8 Å². The second-order valence-electron chi connectivity index (χ2n) is 13.6. The monoisotopic (exact) mass is 736 g/mol. The fourth-order valence-corrected chi connectivity index (χ4v) is 6.54. The third-order valence-corrected chi connectivity index (χ3v) is 9.50. The number of aliphatic hydroxyl groups excluding tert-OH is 1. The molecule has 0 aromatic heterocycles. The first kappa shape index (κ1) is 48.6. The number of carbonyl (C=O) groups is 5. The number of methoxy groups -OCH3 is 2. The van der Waals surface area contributed by atoms with Gasteiger partial charge in [0.15, 0.2) is 5.78 Å². The van der Waals surface area contributed by atoms with Gasteiger partial charge in [0.2, 0.25) is 23.6 Å². The van der Waals surface area contributed by atoms with Crippen LogP contribution in [0.25, 0.3) is 0 Å². The fraction of sp³-hybridized carbons (Fsp3) is 0.718. The SMILES string of the molecule is CCC.CC[C@H](C)C(C(CC(=O)N1CCCC1C(OC)C(C)C(=O)NCC(=O)c1ccccc1)OC)N(C)C(=O)CNC(=O)C(NC)C(C)C.CO. The second kappa shape index (κ2) is 26.4. The van der Waals surface area contributed by atoms with Crippen LogP contribution >= 0.6 is 0 Å². The van der Waals surface area contributed by atoms with Crippen molar-refractivity contribution in [3.63, 3.8) is 0 Å². The number of ketones is 1. The predicted octanol–water partition coefficient (Wildman–Crippen LogP) is 3.29. The fourth-order valence-electron chi connectivity index (χ4n) is 6.54. The smallest absolute Gasteiger partial charge is 0.242 e. The summed E-state index contributed by atoms with van der Waals surface area (Å²) in [7, 11) is 7.46. The Bertz CT molecular complexity index is 1200. The van der Waals surface area contributed by atoms with E-state index >= 15 is 0 Å². The first-order valence-electron chi connectivity index (χ1n) is 18.6. The van der Waals surface area contributed by atoms with Gasteiger partial charge in [0, 0.05) is 40.5 Å². The van der Waals surface area contributed by atoms with Crippen molar-refractivity contribution in [1.82, 2.24) is 25.8 Å². The molecule has 13 nitrogen and oxygen atoms in total. The van der Waals surface area contributed by atoms with E-state index in [-0.39, 0.29) is 66.8 Å². The molecule has 1 fully saturated rings. The Morgan fingerprint density at radius 3 is 2.00 bits per heavy atom. The third kappa shape index (κ3) is 14.9. The van der Waals surface area contributed by atoms with Gasteiger partial charge < -0.3 is 40.3 Å². The molecule has 0 saturated carbocycles. The van der Waals surface area contributed by atoms with Crippen molar-refractivity contribution >= 4 is 29.4 Å². The lowest BCUT2D eigenvalue weighted by Gasteiger charge is -2.39. The number of Topliss-reactive ketones (excluding diaryl/α,β-unsaturated/α-hetero) is 1. The van der Waals surface area contributed by atoms with Gasteiger partial charge in [-0.25, -0.2) is 0 Å². The van der Waals surface area contributed by atoms with Crippen molar-refractivity contribution < 1.29 is 38.6 Å². The van der Waals surface area contributed by atoms with Crippen molar-refractivity contribution in [3.05, 3.63) is 35.9 Å². The van der Waals surface area contributed by atoms with Crippen LogP contribution in [0.1, 0.15) is 90.9 Å². The van der Waals surface area contributed by atoms with Gasteiger partial charge >= 0.3 is 0 Å². The maximum Gasteiger partial charge on any atom is 0.242 e. The standard InChI is InChI=1S/C35H57N5O7.C3H8.CH4O/c1-10-23(4)32(39(7)30(43)21-38-35(45)31(36-6)22(2)3)28(46-8)19-29(42)40-18-14-17-26(40)33(47-9)24(5)34(44)37-20-27(41)25-15-12-11-13-16-25;1-3-2;1-2/h11-13,15-16,22-24,26,28,31-33,36H,10,14,17-21H2,1-9H3,(H,37,44)(H,38,45);3H2,1-2H3;2H,1H3/t23-,24?,26?,28?,31?,32?,33?;;/m0../s1. The molecular weight excluding hydrogens is 666 g/mol. The predicted molar refractivity (Wildman–Crippen MR) is 205 cm³/mol. The molecule has 6 unspecified atom stereocenters. The topological polar surface area (TPSA) is 167 Å². The first-order chi connectivity index (χ1) is 24.7. The van der Waals surface area contributed by atoms with Gasteiger partial charge in [0.05, 0.1) is 55.8 Å². The number of likely N-dealkylation sites (tertiary alicyclic amines) is 1. The molecule has 1 aromatic carbocycles. The minimum absolute atomic E-state index is 0.00142. The van der Waals surface area contributed by atoms with Gasteiger partial charge in [0.1, 0.15) is 0 Å². The summed E-state index contributed by atoms with van der Waals surface area (Å²) >= 11 is 0. The van der Waals surface area contributed by atoms with Crippen LogP contribution in [0.15, 0.2) is 30.3 Å². The highest BCUT2D eigenvalue weighted by atomic mass is 16.5. The molecule has 0 aliphatic carbocycles. The van der Waals surface area contributed by atoms with Gasteiger partial charge in [-0.3, -0.25) is 24.0 Å². The normalized spacial score (nSPS) is 17.2. The Hall–Kier alpha value is -3.39. The largest absolute Gasteiger partial charge is 0.400 e. The van der Waals surface area contributed by atoms with Crippen molar-refractivity contribution in [2.75, 3.05) is 55.1 Å². The molecule has 4 N–H and O–H groups in total. The molecule has 1 aliphatic rings. The summed E-state index contributed by atoms with van der Waals surface area (Å²) < 4.78 is 11.7. The molecule has 1 aromatic rings. The number of carbonyl (C=O) groups excluding carboxylic acids is 5. The highest BCUT2D eigenvalue weighted by Crippen LogP contribution is 2.29. The Morgan fingerprint density at radius 2 is 1.50 bits per heavy atom. The minimum Gasteiger partial charge on any atom is -0.400 e. The Labute approximate surface area is 312 Å². The van der Waals surface area contributed by atoms with Crippen LogP contribution in [0.3, 0.4) is 0 Å². The van der Waals surface area contributed by atoms with E-state index in [2.05, 4.69) is 29.8 Å². The third-order valence-electron chi connectivity index (χ3n) is 9.50. The van der Waals surface area contributed by atoms with E-state index < -0.39 is 30.2 Å². The van der Waals surface area contributed by atoms with Crippen molar-refractivity contribution in [3.8, 4) is 0 Å². The average Bonchev–Trinajstić information content (AvgIpc) is 3.63. The summed E-state index contributed by atoms with van der Waals surface area (Å²) in [5, 5.41) is 15.5. The molecule has 2 rings (SSSR count). The lowest BCUT2D eigenvalue weighted by molar-refractivity contribution is -0.145. The van der Waals surface area contributed by atoms with Crippen molar-refractivity contribution in [2.24, 2.45) is 17.8 Å². The summed E-state index contributed by atoms with van der Waals surface area (Å²) in [6, 6.07) is 7.59. The van der Waals surface area contributed by atoms with Gasteiger partial charge in [-0.05, 0) is 31.7 Å². The highest BCUT2D eigenvalue weighted by Gasteiger charge is 2.42. The van der Waals surface area contributed by atoms with Crippen LogP contribution in [0.5, 0.6) is 0 Å². The molecule has 0 radical (unpaired) electrons. The molecule has 13 heteroatoms. The van der Waals surface area contributed by atoms with Crippen LogP contribution < -0.4 is 16.0 Å². The van der Waals surface area contributed by atoms with E-state index in [0.717, 1.165) is 20.0 Å². The summed E-state index contributed by atoms with van der Waals surface area (Å²) in [4.78, 5) is 68.8. The number of benzene rings is 1. The molecule has 1 heterocycles. The van der Waals surface area contributed by atoms with E-state index in [1.165, 1.54) is 20.6 Å². The molecule has 4 amide bonds. The lowest BCUT2D eigenvalue weighted by Crippen LogP contribution is -2.55. The molecule has 52 heavy (non-hydrogen) atoms. The number of amides is 4. The van der Waals surface area contributed by atoms with Gasteiger partial charge in [-0.1, -0.05) is 91.6 Å². The first-order valence-corrected chi connectivity index (χ1v) is 18.6. The van der Waals surface area contributed by atoms with Gasteiger partial charge in [0.25, 0.3) is 0 Å². The number of ether oxygens (including phenoxy) is 2. The zero-order valence-electron chi connectivity index (χ0n) is 33.9. The molecule has 1 saturated heterocycles. The van der Waals surface area contributed by atoms with E-state index in [0.29, 0.717) is 18.5 Å². The van der Waals surface area contributed by atoms with Crippen LogP contribution in [0.2, 0.25) is 0 Å². The summed E-state index contributed by atoms with van der Waals surface area (Å²) in [5.74, 6) is -1.76. The van der Waals surface area contributed by atoms with Crippen LogP contribution in [-0.2, 0) is 28.7 Å². The summed E-state index contributed by atoms with van der Waals surface area (Å²) in [6.45, 7) is 14.1. The zero-order valence-corrected chi connectivity index (χ0v) is 33.9. The molecule has 1 aliphatic heterocycles. The summed E-state index contributed by atoms with van der Waals surface area (Å²) in [6.07, 6.45) is 2.26. The number of hydrogen-bond donors (Lipinski definition) is 4. The Kier molecular flexibility index (Phi) is 24.7. The van der Waals surface area contributed by atoms with E-state index in [1.54, 1.807) is 55.1 Å². The molecule has 0 spiro atoms. The second-order valence-corrected chi connectivity index (χ2v) is 13.6. The van der Waals surface area contributed by atoms with Crippen LogP contribution in [-0.4, -0.2) is 130 Å². The lowest BCUT2D eigenvalue weighted by atomic mass is 9.90. The van der Waals surface area contributed by atoms with Crippen molar-refractivity contribution in [1.29, 1.82) is 0 Å². The highest BCUT2D eigenvalue weighted by molar-refractivity contribution is 5.99. The quantitative estimate of drug-likeness (QED) is 0.156. The van der Waals surface area contributed by atoms with Gasteiger partial charge in [-0.15, -0.1) is 0 Å². The van der Waals surface area contributed by atoms with Gasteiger partial charge in [-0.2, -0.15) is 0 Å². The maximum absolute atomic E-state index is 13.9. The van der Waals surface area contributed by atoms with Crippen LogP contribution in [0.4, 0.5) is 0 Å². The Balaban J connectivity index is 0.00000493. The number of nitrogens with one attached hydrogen (secondary N) is 3. The zero-order chi connectivity index (χ0) is 40.0. The van der Waals surface area contributed by atoms with Crippen molar-refractivity contribution in [2.45, 2.75) is 111 Å². The Morgan fingerprint density at radius 1 is 0.923 bits per heavy atom.